The predicted octanol–water partition coefficient (Wildman–Crippen LogP) is 2.14. The third-order valence-corrected chi connectivity index (χ3v) is 2.05. The zero-order chi connectivity index (χ0) is 12.8. The van der Waals surface area contributed by atoms with Gasteiger partial charge in [0.15, 0.2) is 0 Å². The maximum Gasteiger partial charge on any atom is 0.311 e. The molecule has 6 nitrogen and oxygen atoms in total. The fourth-order valence-corrected chi connectivity index (χ4v) is 1.29. The van der Waals surface area contributed by atoms with Crippen molar-refractivity contribution < 1.29 is 9.66 Å². The largest absolute Gasteiger partial charge is 0.377 e. The maximum atomic E-state index is 10.8. The first kappa shape index (κ1) is 13.4. The van der Waals surface area contributed by atoms with Crippen LogP contribution in [0.1, 0.15) is 19.4 Å². The van der Waals surface area contributed by atoms with Gasteiger partial charge in [0.1, 0.15) is 0 Å². The quantitative estimate of drug-likeness (QED) is 0.467. The summed E-state index contributed by atoms with van der Waals surface area (Å²) in [7, 11) is 0. The van der Waals surface area contributed by atoms with Crippen LogP contribution in [0.2, 0.25) is 0 Å². The summed E-state index contributed by atoms with van der Waals surface area (Å²) < 4.78 is 5.33. The Hall–Kier alpha value is -1.69. The summed E-state index contributed by atoms with van der Waals surface area (Å²) in [5.74, 6) is 0.285. The van der Waals surface area contributed by atoms with Crippen molar-refractivity contribution in [3.63, 3.8) is 0 Å². The Bertz CT molecular complexity index is 394. The summed E-state index contributed by atoms with van der Waals surface area (Å²) in [5, 5.41) is 13.7. The van der Waals surface area contributed by atoms with Crippen LogP contribution in [0.5, 0.6) is 0 Å². The SMILES string of the molecule is Cc1cnc(NCCOC(C)C)c([N+](=O)[O-])c1. The third-order valence-electron chi connectivity index (χ3n) is 2.05. The van der Waals surface area contributed by atoms with E-state index in [-0.39, 0.29) is 17.6 Å². The molecule has 0 spiro atoms. The minimum Gasteiger partial charge on any atom is -0.377 e. The van der Waals surface area contributed by atoms with E-state index in [9.17, 15) is 10.1 Å². The number of pyridine rings is 1. The van der Waals surface area contributed by atoms with E-state index >= 15 is 0 Å². The molecule has 6 heteroatoms. The van der Waals surface area contributed by atoms with Gasteiger partial charge < -0.3 is 10.1 Å². The molecule has 1 N–H and O–H groups in total. The monoisotopic (exact) mass is 239 g/mol. The fraction of sp³-hybridized carbons (Fsp3) is 0.545. The van der Waals surface area contributed by atoms with Crippen molar-refractivity contribution >= 4 is 11.5 Å². The second kappa shape index (κ2) is 6.15. The molecule has 0 fully saturated rings. The van der Waals surface area contributed by atoms with Gasteiger partial charge in [0, 0.05) is 18.8 Å². The van der Waals surface area contributed by atoms with Crippen molar-refractivity contribution in [1.29, 1.82) is 0 Å². The van der Waals surface area contributed by atoms with Gasteiger partial charge in [-0.2, -0.15) is 0 Å². The average molecular weight is 239 g/mol. The zero-order valence-corrected chi connectivity index (χ0v) is 10.3. The first-order valence-corrected chi connectivity index (χ1v) is 5.47. The van der Waals surface area contributed by atoms with Gasteiger partial charge in [-0.25, -0.2) is 4.98 Å². The van der Waals surface area contributed by atoms with Gasteiger partial charge in [-0.3, -0.25) is 10.1 Å². The predicted molar refractivity (Wildman–Crippen MR) is 65.2 cm³/mol. The van der Waals surface area contributed by atoms with Gasteiger partial charge in [-0.1, -0.05) is 0 Å². The minimum absolute atomic E-state index is 0.00505. The standard InChI is InChI=1S/C11H17N3O3/c1-8(2)17-5-4-12-11-10(14(15)16)6-9(3)7-13-11/h6-8H,4-5H2,1-3H3,(H,12,13). The van der Waals surface area contributed by atoms with Crippen molar-refractivity contribution in [3.05, 3.63) is 27.9 Å². The smallest absolute Gasteiger partial charge is 0.311 e. The molecule has 17 heavy (non-hydrogen) atoms. The molecular weight excluding hydrogens is 222 g/mol. The van der Waals surface area contributed by atoms with Crippen LogP contribution in [-0.4, -0.2) is 29.2 Å². The van der Waals surface area contributed by atoms with Gasteiger partial charge in [0.05, 0.1) is 17.6 Å². The van der Waals surface area contributed by atoms with E-state index in [1.165, 1.54) is 6.07 Å². The van der Waals surface area contributed by atoms with Crippen LogP contribution in [0, 0.1) is 17.0 Å². The Labute approximate surface area is 100 Å². The van der Waals surface area contributed by atoms with Gasteiger partial charge >= 0.3 is 5.69 Å². The van der Waals surface area contributed by atoms with E-state index in [1.807, 2.05) is 13.8 Å². The molecule has 0 aliphatic rings. The van der Waals surface area contributed by atoms with Gasteiger partial charge in [0.2, 0.25) is 5.82 Å². The lowest BCUT2D eigenvalue weighted by molar-refractivity contribution is -0.384. The Kier molecular flexibility index (Phi) is 4.84. The van der Waals surface area contributed by atoms with Gasteiger partial charge in [0.25, 0.3) is 0 Å². The number of rotatable bonds is 6. The molecule has 0 radical (unpaired) electrons. The summed E-state index contributed by atoms with van der Waals surface area (Å²) in [6.45, 7) is 6.63. The molecule has 1 aromatic heterocycles. The summed E-state index contributed by atoms with van der Waals surface area (Å²) in [5.41, 5.74) is 0.759. The molecule has 0 bridgehead atoms. The van der Waals surface area contributed by atoms with Crippen LogP contribution >= 0.6 is 0 Å². The highest BCUT2D eigenvalue weighted by molar-refractivity contribution is 5.56. The van der Waals surface area contributed by atoms with E-state index < -0.39 is 4.92 Å². The van der Waals surface area contributed by atoms with Crippen molar-refractivity contribution in [1.82, 2.24) is 4.98 Å². The molecule has 0 saturated carbocycles. The molecule has 0 saturated heterocycles. The highest BCUT2D eigenvalue weighted by Crippen LogP contribution is 2.21. The summed E-state index contributed by atoms with van der Waals surface area (Å²) >= 11 is 0. The Balaban J connectivity index is 2.61. The lowest BCUT2D eigenvalue weighted by Gasteiger charge is -2.09. The molecule has 94 valence electrons. The lowest BCUT2D eigenvalue weighted by Crippen LogP contribution is -2.14. The molecule has 0 unspecified atom stereocenters. The molecule has 1 aromatic rings. The molecule has 0 aliphatic carbocycles. The topological polar surface area (TPSA) is 77.3 Å². The second-order valence-corrected chi connectivity index (χ2v) is 3.98. The normalized spacial score (nSPS) is 10.6. The van der Waals surface area contributed by atoms with Crippen LogP contribution in [0.4, 0.5) is 11.5 Å². The number of nitrogens with zero attached hydrogens (tertiary/aromatic N) is 2. The number of hydrogen-bond acceptors (Lipinski definition) is 5. The van der Waals surface area contributed by atoms with E-state index in [1.54, 1.807) is 13.1 Å². The molecule has 1 rings (SSSR count). The fourth-order valence-electron chi connectivity index (χ4n) is 1.29. The van der Waals surface area contributed by atoms with Gasteiger partial charge in [-0.05, 0) is 26.3 Å². The number of aryl methyl sites for hydroxylation is 1. The van der Waals surface area contributed by atoms with E-state index in [4.69, 9.17) is 4.74 Å². The lowest BCUT2D eigenvalue weighted by atomic mass is 10.3. The average Bonchev–Trinajstić information content (AvgIpc) is 2.25. The molecule has 1 heterocycles. The Morgan fingerprint density at radius 2 is 2.29 bits per heavy atom. The number of nitro groups is 1. The van der Waals surface area contributed by atoms with E-state index in [2.05, 4.69) is 10.3 Å². The maximum absolute atomic E-state index is 10.8. The van der Waals surface area contributed by atoms with Crippen molar-refractivity contribution in [3.8, 4) is 0 Å². The number of ether oxygens (including phenoxy) is 1. The third kappa shape index (κ3) is 4.36. The number of nitrogens with one attached hydrogen (secondary N) is 1. The summed E-state index contributed by atoms with van der Waals surface area (Å²) in [4.78, 5) is 14.4. The van der Waals surface area contributed by atoms with Crippen LogP contribution in [0.3, 0.4) is 0 Å². The van der Waals surface area contributed by atoms with Crippen molar-refractivity contribution in [2.24, 2.45) is 0 Å². The van der Waals surface area contributed by atoms with Crippen LogP contribution < -0.4 is 5.32 Å². The van der Waals surface area contributed by atoms with E-state index in [0.29, 0.717) is 13.2 Å². The number of aromatic nitrogens is 1. The Morgan fingerprint density at radius 3 is 2.88 bits per heavy atom. The number of anilines is 1. The second-order valence-electron chi connectivity index (χ2n) is 3.98. The molecular formula is C11H17N3O3. The summed E-state index contributed by atoms with van der Waals surface area (Å²) in [6, 6.07) is 1.50. The Morgan fingerprint density at radius 1 is 1.59 bits per heavy atom. The van der Waals surface area contributed by atoms with Crippen LogP contribution in [-0.2, 0) is 4.74 Å². The minimum atomic E-state index is -0.439. The van der Waals surface area contributed by atoms with Crippen LogP contribution in [0.15, 0.2) is 12.3 Å². The first-order valence-electron chi connectivity index (χ1n) is 5.47. The first-order chi connectivity index (χ1) is 8.00. The summed E-state index contributed by atoms with van der Waals surface area (Å²) in [6.07, 6.45) is 1.75. The van der Waals surface area contributed by atoms with Crippen LogP contribution in [0.25, 0.3) is 0 Å². The highest BCUT2D eigenvalue weighted by Gasteiger charge is 2.14. The number of hydrogen-bond donors (Lipinski definition) is 1. The van der Waals surface area contributed by atoms with E-state index in [0.717, 1.165) is 5.56 Å². The van der Waals surface area contributed by atoms with Crippen molar-refractivity contribution in [2.75, 3.05) is 18.5 Å². The van der Waals surface area contributed by atoms with Crippen molar-refractivity contribution in [2.45, 2.75) is 26.9 Å². The zero-order valence-electron chi connectivity index (χ0n) is 10.3. The highest BCUT2D eigenvalue weighted by atomic mass is 16.6. The molecule has 0 aromatic carbocycles. The van der Waals surface area contributed by atoms with Gasteiger partial charge in [-0.15, -0.1) is 0 Å². The molecule has 0 atom stereocenters. The molecule has 0 amide bonds. The molecule has 0 aliphatic heterocycles.